The standard InChI is InChI=1S/C14H14F5NO3/c1-14(2,3)23-13(22)20(4)6(5-21)7-8(15)10(17)12(19)11(18)9(7)16/h5-6H,1-4H3. The highest BCUT2D eigenvalue weighted by Crippen LogP contribution is 2.30. The van der Waals surface area contributed by atoms with Crippen LogP contribution in [-0.4, -0.2) is 29.9 Å². The number of aldehydes is 1. The Hall–Kier alpha value is -2.19. The summed E-state index contributed by atoms with van der Waals surface area (Å²) in [7, 11) is 0.936. The fourth-order valence-electron chi connectivity index (χ4n) is 1.68. The molecular formula is C14H14F5NO3. The summed E-state index contributed by atoms with van der Waals surface area (Å²) >= 11 is 0. The van der Waals surface area contributed by atoms with Gasteiger partial charge in [0.1, 0.15) is 17.9 Å². The van der Waals surface area contributed by atoms with Crippen molar-refractivity contribution >= 4 is 12.4 Å². The summed E-state index contributed by atoms with van der Waals surface area (Å²) in [4.78, 5) is 23.4. The molecule has 0 aromatic heterocycles. The zero-order valence-corrected chi connectivity index (χ0v) is 12.7. The van der Waals surface area contributed by atoms with Gasteiger partial charge in [-0.05, 0) is 20.8 Å². The lowest BCUT2D eigenvalue weighted by atomic mass is 10.0. The molecule has 1 unspecified atom stereocenters. The topological polar surface area (TPSA) is 46.6 Å². The Labute approximate surface area is 128 Å². The van der Waals surface area contributed by atoms with Gasteiger partial charge in [-0.25, -0.2) is 26.7 Å². The van der Waals surface area contributed by atoms with Crippen molar-refractivity contribution in [3.8, 4) is 0 Å². The molecule has 0 saturated carbocycles. The lowest BCUT2D eigenvalue weighted by Crippen LogP contribution is -2.38. The molecule has 1 amide bonds. The second-order valence-electron chi connectivity index (χ2n) is 5.66. The Morgan fingerprint density at radius 2 is 1.39 bits per heavy atom. The van der Waals surface area contributed by atoms with Crippen LogP contribution in [-0.2, 0) is 9.53 Å². The third-order valence-corrected chi connectivity index (χ3v) is 2.77. The Morgan fingerprint density at radius 3 is 1.74 bits per heavy atom. The maximum atomic E-state index is 13.7. The van der Waals surface area contributed by atoms with Crippen LogP contribution in [0.15, 0.2) is 0 Å². The molecule has 0 aliphatic heterocycles. The molecule has 0 heterocycles. The number of rotatable bonds is 3. The van der Waals surface area contributed by atoms with Crippen LogP contribution in [0.5, 0.6) is 0 Å². The van der Waals surface area contributed by atoms with Crippen molar-refractivity contribution < 1.29 is 36.3 Å². The number of carbonyl (C=O) groups excluding carboxylic acids is 2. The van der Waals surface area contributed by atoms with Gasteiger partial charge in [0.25, 0.3) is 0 Å². The predicted molar refractivity (Wildman–Crippen MR) is 69.0 cm³/mol. The predicted octanol–water partition coefficient (Wildman–Crippen LogP) is 3.49. The monoisotopic (exact) mass is 339 g/mol. The first-order chi connectivity index (χ1) is 10.4. The SMILES string of the molecule is CN(C(=O)OC(C)(C)C)C(C=O)c1c(F)c(F)c(F)c(F)c1F. The molecule has 0 radical (unpaired) electrons. The van der Waals surface area contributed by atoms with E-state index in [1.54, 1.807) is 0 Å². The van der Waals surface area contributed by atoms with Crippen molar-refractivity contribution in [3.63, 3.8) is 0 Å². The van der Waals surface area contributed by atoms with Crippen LogP contribution >= 0.6 is 0 Å². The van der Waals surface area contributed by atoms with Crippen molar-refractivity contribution in [2.24, 2.45) is 0 Å². The number of nitrogens with zero attached hydrogens (tertiary/aromatic N) is 1. The van der Waals surface area contributed by atoms with E-state index in [2.05, 4.69) is 0 Å². The van der Waals surface area contributed by atoms with E-state index < -0.39 is 52.4 Å². The summed E-state index contributed by atoms with van der Waals surface area (Å²) in [5.74, 6) is -11.1. The quantitative estimate of drug-likeness (QED) is 0.367. The molecule has 128 valence electrons. The third kappa shape index (κ3) is 3.77. The molecule has 1 atom stereocenters. The maximum Gasteiger partial charge on any atom is 0.410 e. The first-order valence-electron chi connectivity index (χ1n) is 6.34. The highest BCUT2D eigenvalue weighted by atomic mass is 19.2. The molecule has 23 heavy (non-hydrogen) atoms. The molecule has 9 heteroatoms. The number of halogens is 5. The smallest absolute Gasteiger partial charge is 0.410 e. The Morgan fingerprint density at radius 1 is 1.00 bits per heavy atom. The molecule has 0 spiro atoms. The molecule has 1 aromatic rings. The van der Waals surface area contributed by atoms with Gasteiger partial charge in [0, 0.05) is 7.05 Å². The number of benzene rings is 1. The minimum Gasteiger partial charge on any atom is -0.444 e. The molecule has 0 N–H and O–H groups in total. The van der Waals surface area contributed by atoms with Crippen LogP contribution < -0.4 is 0 Å². The number of likely N-dealkylation sites (N-methyl/N-ethyl adjacent to an activating group) is 1. The molecule has 0 bridgehead atoms. The van der Waals surface area contributed by atoms with E-state index >= 15 is 0 Å². The van der Waals surface area contributed by atoms with Gasteiger partial charge in [-0.1, -0.05) is 0 Å². The van der Waals surface area contributed by atoms with Gasteiger partial charge in [0.15, 0.2) is 23.3 Å². The minimum atomic E-state index is -2.35. The number of hydrogen-bond acceptors (Lipinski definition) is 3. The summed E-state index contributed by atoms with van der Waals surface area (Å²) in [6, 6.07) is -2.05. The van der Waals surface area contributed by atoms with E-state index in [1.165, 1.54) is 20.8 Å². The van der Waals surface area contributed by atoms with Crippen molar-refractivity contribution in [1.82, 2.24) is 4.90 Å². The summed E-state index contributed by atoms with van der Waals surface area (Å²) in [6.45, 7) is 4.48. The lowest BCUT2D eigenvalue weighted by Gasteiger charge is -2.28. The highest BCUT2D eigenvalue weighted by Gasteiger charge is 2.35. The zero-order chi connectivity index (χ0) is 18.1. The molecule has 0 aliphatic rings. The van der Waals surface area contributed by atoms with Crippen molar-refractivity contribution in [2.45, 2.75) is 32.4 Å². The van der Waals surface area contributed by atoms with E-state index in [1.807, 2.05) is 0 Å². The summed E-state index contributed by atoms with van der Waals surface area (Å²) < 4.78 is 71.8. The van der Waals surface area contributed by atoms with E-state index in [0.717, 1.165) is 7.05 Å². The van der Waals surface area contributed by atoms with Crippen LogP contribution in [0.1, 0.15) is 32.4 Å². The van der Waals surface area contributed by atoms with Gasteiger partial charge in [-0.2, -0.15) is 0 Å². The highest BCUT2D eigenvalue weighted by molar-refractivity contribution is 5.74. The normalized spacial score (nSPS) is 12.7. The number of ether oxygens (including phenoxy) is 1. The van der Waals surface area contributed by atoms with Gasteiger partial charge in [-0.15, -0.1) is 0 Å². The van der Waals surface area contributed by atoms with E-state index in [0.29, 0.717) is 4.90 Å². The Kier molecular flexibility index (Phi) is 5.34. The number of amides is 1. The van der Waals surface area contributed by atoms with Gasteiger partial charge >= 0.3 is 6.09 Å². The molecule has 4 nitrogen and oxygen atoms in total. The molecule has 0 saturated heterocycles. The molecule has 1 rings (SSSR count). The first-order valence-corrected chi connectivity index (χ1v) is 6.34. The summed E-state index contributed by atoms with van der Waals surface area (Å²) in [5, 5.41) is 0. The Bertz CT molecular complexity index is 613. The lowest BCUT2D eigenvalue weighted by molar-refractivity contribution is -0.112. The second kappa shape index (κ2) is 6.51. The fourth-order valence-corrected chi connectivity index (χ4v) is 1.68. The van der Waals surface area contributed by atoms with Crippen LogP contribution in [0.2, 0.25) is 0 Å². The van der Waals surface area contributed by atoms with Gasteiger partial charge in [0.05, 0.1) is 5.56 Å². The van der Waals surface area contributed by atoms with E-state index in [4.69, 9.17) is 4.74 Å². The van der Waals surface area contributed by atoms with Crippen molar-refractivity contribution in [3.05, 3.63) is 34.6 Å². The average molecular weight is 339 g/mol. The first kappa shape index (κ1) is 18.9. The fraction of sp³-hybridized carbons (Fsp3) is 0.429. The Balaban J connectivity index is 3.37. The second-order valence-corrected chi connectivity index (χ2v) is 5.66. The van der Waals surface area contributed by atoms with Crippen LogP contribution in [0.4, 0.5) is 26.7 Å². The van der Waals surface area contributed by atoms with Gasteiger partial charge in [-0.3, -0.25) is 4.90 Å². The van der Waals surface area contributed by atoms with Crippen molar-refractivity contribution in [2.75, 3.05) is 7.05 Å². The third-order valence-electron chi connectivity index (χ3n) is 2.77. The van der Waals surface area contributed by atoms with Crippen molar-refractivity contribution in [1.29, 1.82) is 0 Å². The van der Waals surface area contributed by atoms with E-state index in [9.17, 15) is 31.5 Å². The van der Waals surface area contributed by atoms with Crippen LogP contribution in [0.3, 0.4) is 0 Å². The van der Waals surface area contributed by atoms with Gasteiger partial charge < -0.3 is 9.53 Å². The van der Waals surface area contributed by atoms with Gasteiger partial charge in [0.2, 0.25) is 5.82 Å². The number of hydrogen-bond donors (Lipinski definition) is 0. The maximum absolute atomic E-state index is 13.7. The molecule has 0 fully saturated rings. The minimum absolute atomic E-state index is 0.123. The summed E-state index contributed by atoms with van der Waals surface area (Å²) in [5.41, 5.74) is -2.42. The molecule has 0 aliphatic carbocycles. The molecule has 1 aromatic carbocycles. The molecular weight excluding hydrogens is 325 g/mol. The van der Waals surface area contributed by atoms with Crippen LogP contribution in [0, 0.1) is 29.1 Å². The van der Waals surface area contributed by atoms with E-state index in [-0.39, 0.29) is 6.29 Å². The average Bonchev–Trinajstić information content (AvgIpc) is 2.45. The zero-order valence-electron chi connectivity index (χ0n) is 12.7. The number of carbonyl (C=O) groups is 2. The summed E-state index contributed by atoms with van der Waals surface area (Å²) in [6.07, 6.45) is -1.29. The largest absolute Gasteiger partial charge is 0.444 e. The van der Waals surface area contributed by atoms with Crippen LogP contribution in [0.25, 0.3) is 0 Å².